The van der Waals surface area contributed by atoms with E-state index in [0.717, 1.165) is 18.4 Å². The first-order chi connectivity index (χ1) is 10.9. The number of halogens is 1. The normalized spacial score (nSPS) is 13.3. The zero-order valence-corrected chi connectivity index (χ0v) is 15.2. The zero-order valence-electron chi connectivity index (χ0n) is 14.4. The minimum atomic E-state index is -0.528. The van der Waals surface area contributed by atoms with E-state index < -0.39 is 6.04 Å². The van der Waals surface area contributed by atoms with Crippen LogP contribution < -0.4 is 5.32 Å². The molecule has 5 heteroatoms. The fourth-order valence-electron chi connectivity index (χ4n) is 2.22. The standard InChI is InChI=1S/C18H27ClN2O2/c1-5-9-17(22)21(12-15-10-7-8-11-16(15)19)14(4)18(23)20-13(3)6-2/h7-8,10-11,13-14H,5-6,9,12H2,1-4H3,(H,20,23)/t13-,14+/m0/s1. The zero-order chi connectivity index (χ0) is 17.4. The van der Waals surface area contributed by atoms with Crippen molar-refractivity contribution in [2.45, 2.75) is 65.6 Å². The summed E-state index contributed by atoms with van der Waals surface area (Å²) in [7, 11) is 0. The largest absolute Gasteiger partial charge is 0.352 e. The smallest absolute Gasteiger partial charge is 0.242 e. The Labute approximate surface area is 144 Å². The van der Waals surface area contributed by atoms with Gasteiger partial charge in [0.2, 0.25) is 11.8 Å². The first kappa shape index (κ1) is 19.5. The van der Waals surface area contributed by atoms with Gasteiger partial charge in [-0.05, 0) is 38.3 Å². The molecule has 0 saturated carbocycles. The Balaban J connectivity index is 2.94. The number of benzene rings is 1. The average molecular weight is 339 g/mol. The van der Waals surface area contributed by atoms with Crippen LogP contribution in [0.5, 0.6) is 0 Å². The summed E-state index contributed by atoms with van der Waals surface area (Å²) in [5, 5.41) is 3.55. The molecule has 0 aliphatic heterocycles. The van der Waals surface area contributed by atoms with E-state index in [2.05, 4.69) is 5.32 Å². The molecule has 0 fully saturated rings. The third kappa shape index (κ3) is 5.87. The highest BCUT2D eigenvalue weighted by Crippen LogP contribution is 2.19. The Hall–Kier alpha value is -1.55. The Bertz CT molecular complexity index is 534. The lowest BCUT2D eigenvalue weighted by Gasteiger charge is -2.30. The van der Waals surface area contributed by atoms with Crippen LogP contribution in [0.3, 0.4) is 0 Å². The molecule has 0 bridgehead atoms. The second-order valence-electron chi connectivity index (χ2n) is 5.86. The number of nitrogens with one attached hydrogen (secondary N) is 1. The van der Waals surface area contributed by atoms with Gasteiger partial charge in [-0.2, -0.15) is 0 Å². The van der Waals surface area contributed by atoms with Crippen LogP contribution in [-0.4, -0.2) is 28.8 Å². The molecular weight excluding hydrogens is 312 g/mol. The molecule has 0 aromatic heterocycles. The summed E-state index contributed by atoms with van der Waals surface area (Å²) >= 11 is 6.20. The molecule has 0 spiro atoms. The van der Waals surface area contributed by atoms with Crippen molar-refractivity contribution >= 4 is 23.4 Å². The van der Waals surface area contributed by atoms with E-state index >= 15 is 0 Å². The molecule has 1 aromatic carbocycles. The fraction of sp³-hybridized carbons (Fsp3) is 0.556. The summed E-state index contributed by atoms with van der Waals surface area (Å²) in [4.78, 5) is 26.5. The highest BCUT2D eigenvalue weighted by Gasteiger charge is 2.26. The van der Waals surface area contributed by atoms with E-state index in [4.69, 9.17) is 11.6 Å². The van der Waals surface area contributed by atoms with Crippen molar-refractivity contribution in [3.63, 3.8) is 0 Å². The molecule has 1 rings (SSSR count). The molecule has 0 saturated heterocycles. The number of hydrogen-bond acceptors (Lipinski definition) is 2. The predicted octanol–water partition coefficient (Wildman–Crippen LogP) is 3.77. The maximum absolute atomic E-state index is 12.5. The van der Waals surface area contributed by atoms with Crippen molar-refractivity contribution in [1.29, 1.82) is 0 Å². The molecule has 1 aromatic rings. The number of carbonyl (C=O) groups excluding carboxylic acids is 2. The highest BCUT2D eigenvalue weighted by molar-refractivity contribution is 6.31. The van der Waals surface area contributed by atoms with Gasteiger partial charge >= 0.3 is 0 Å². The Morgan fingerprint density at radius 2 is 1.87 bits per heavy atom. The lowest BCUT2D eigenvalue weighted by atomic mass is 10.1. The van der Waals surface area contributed by atoms with Gasteiger partial charge in [0, 0.05) is 24.0 Å². The van der Waals surface area contributed by atoms with Gasteiger partial charge in [-0.1, -0.05) is 43.6 Å². The summed E-state index contributed by atoms with van der Waals surface area (Å²) in [6.45, 7) is 8.03. The van der Waals surface area contributed by atoms with Crippen LogP contribution in [-0.2, 0) is 16.1 Å². The van der Waals surface area contributed by atoms with Crippen molar-refractivity contribution in [1.82, 2.24) is 10.2 Å². The molecule has 0 radical (unpaired) electrons. The fourth-order valence-corrected chi connectivity index (χ4v) is 2.41. The van der Waals surface area contributed by atoms with Gasteiger partial charge in [0.25, 0.3) is 0 Å². The maximum Gasteiger partial charge on any atom is 0.242 e. The lowest BCUT2D eigenvalue weighted by molar-refractivity contribution is -0.140. The first-order valence-corrected chi connectivity index (χ1v) is 8.61. The van der Waals surface area contributed by atoms with Crippen LogP contribution in [0, 0.1) is 0 Å². The van der Waals surface area contributed by atoms with Crippen LogP contribution in [0.2, 0.25) is 5.02 Å². The first-order valence-electron chi connectivity index (χ1n) is 8.23. The topological polar surface area (TPSA) is 49.4 Å². The minimum absolute atomic E-state index is 0.0285. The third-order valence-corrected chi connectivity index (χ3v) is 4.30. The quantitative estimate of drug-likeness (QED) is 0.784. The van der Waals surface area contributed by atoms with Crippen molar-refractivity contribution in [2.24, 2.45) is 0 Å². The van der Waals surface area contributed by atoms with Gasteiger partial charge in [-0.25, -0.2) is 0 Å². The van der Waals surface area contributed by atoms with Crippen LogP contribution in [0.4, 0.5) is 0 Å². The van der Waals surface area contributed by atoms with E-state index in [0.29, 0.717) is 18.0 Å². The average Bonchev–Trinajstić information content (AvgIpc) is 2.53. The molecule has 2 amide bonds. The van der Waals surface area contributed by atoms with E-state index in [1.165, 1.54) is 0 Å². The molecule has 23 heavy (non-hydrogen) atoms. The third-order valence-electron chi connectivity index (χ3n) is 3.93. The van der Waals surface area contributed by atoms with Crippen LogP contribution >= 0.6 is 11.6 Å². The Morgan fingerprint density at radius 1 is 1.22 bits per heavy atom. The predicted molar refractivity (Wildman–Crippen MR) is 94.3 cm³/mol. The van der Waals surface area contributed by atoms with Gasteiger partial charge in [0.15, 0.2) is 0 Å². The second-order valence-corrected chi connectivity index (χ2v) is 6.26. The number of hydrogen-bond donors (Lipinski definition) is 1. The molecule has 2 atom stereocenters. The molecular formula is C18H27ClN2O2. The van der Waals surface area contributed by atoms with E-state index in [-0.39, 0.29) is 17.9 Å². The molecule has 0 aliphatic rings. The summed E-state index contributed by atoms with van der Waals surface area (Å²) in [5.41, 5.74) is 0.849. The number of carbonyl (C=O) groups is 2. The highest BCUT2D eigenvalue weighted by atomic mass is 35.5. The number of rotatable bonds is 8. The number of amides is 2. The van der Waals surface area contributed by atoms with Crippen molar-refractivity contribution in [2.75, 3.05) is 0 Å². The van der Waals surface area contributed by atoms with Crippen molar-refractivity contribution < 1.29 is 9.59 Å². The lowest BCUT2D eigenvalue weighted by Crippen LogP contribution is -2.49. The molecule has 128 valence electrons. The Kier molecular flexibility index (Phi) is 8.10. The number of nitrogens with zero attached hydrogens (tertiary/aromatic N) is 1. The Morgan fingerprint density at radius 3 is 2.43 bits per heavy atom. The van der Waals surface area contributed by atoms with Gasteiger partial charge in [0.1, 0.15) is 6.04 Å². The maximum atomic E-state index is 12.5. The van der Waals surface area contributed by atoms with Gasteiger partial charge in [0.05, 0.1) is 0 Å². The molecule has 0 unspecified atom stereocenters. The molecule has 4 nitrogen and oxygen atoms in total. The monoisotopic (exact) mass is 338 g/mol. The summed E-state index contributed by atoms with van der Waals surface area (Å²) < 4.78 is 0. The summed E-state index contributed by atoms with van der Waals surface area (Å²) in [6.07, 6.45) is 2.02. The molecule has 0 aliphatic carbocycles. The minimum Gasteiger partial charge on any atom is -0.352 e. The van der Waals surface area contributed by atoms with E-state index in [9.17, 15) is 9.59 Å². The SMILES string of the molecule is CCCC(=O)N(Cc1ccccc1Cl)[C@H](C)C(=O)N[C@@H](C)CC. The van der Waals surface area contributed by atoms with Gasteiger partial charge in [-0.3, -0.25) is 9.59 Å². The van der Waals surface area contributed by atoms with E-state index in [1.807, 2.05) is 39.0 Å². The van der Waals surface area contributed by atoms with Gasteiger partial charge in [-0.15, -0.1) is 0 Å². The summed E-state index contributed by atoms with van der Waals surface area (Å²) in [5.74, 6) is -0.157. The van der Waals surface area contributed by atoms with E-state index in [1.54, 1.807) is 17.9 Å². The van der Waals surface area contributed by atoms with Crippen LogP contribution in [0.15, 0.2) is 24.3 Å². The van der Waals surface area contributed by atoms with Crippen molar-refractivity contribution in [3.05, 3.63) is 34.9 Å². The molecule has 0 heterocycles. The second kappa shape index (κ2) is 9.56. The summed E-state index contributed by atoms with van der Waals surface area (Å²) in [6, 6.07) is 6.97. The molecule has 1 N–H and O–H groups in total. The van der Waals surface area contributed by atoms with Crippen LogP contribution in [0.25, 0.3) is 0 Å². The van der Waals surface area contributed by atoms with Gasteiger partial charge < -0.3 is 10.2 Å². The van der Waals surface area contributed by atoms with Crippen LogP contribution in [0.1, 0.15) is 52.5 Å². The van der Waals surface area contributed by atoms with Crippen molar-refractivity contribution in [3.8, 4) is 0 Å².